The molecular weight excluding hydrogens is 495 g/mol. The van der Waals surface area contributed by atoms with Crippen molar-refractivity contribution in [3.63, 3.8) is 0 Å². The van der Waals surface area contributed by atoms with E-state index in [4.69, 9.17) is 0 Å². The van der Waals surface area contributed by atoms with Crippen molar-refractivity contribution in [1.82, 2.24) is 34.8 Å². The average Bonchev–Trinajstić information content (AvgIpc) is 3.44. The Morgan fingerprint density at radius 2 is 1.70 bits per heavy atom. The van der Waals surface area contributed by atoms with Crippen molar-refractivity contribution < 1.29 is 4.79 Å². The number of piperazine rings is 1. The SMILES string of the molecule is CN=C(NCc1nnc2n1CCCC2)N1CCN(C(C)C(=O)N2CCCC2)CC1.I. The van der Waals surface area contributed by atoms with Crippen LogP contribution in [-0.2, 0) is 24.3 Å². The molecule has 0 bridgehead atoms. The second kappa shape index (κ2) is 10.7. The maximum atomic E-state index is 12.7. The number of guanidine groups is 1. The van der Waals surface area contributed by atoms with Crippen molar-refractivity contribution in [3.8, 4) is 0 Å². The number of fused-ring (bicyclic) bond motifs is 1. The fourth-order valence-corrected chi connectivity index (χ4v) is 4.67. The zero-order valence-corrected chi connectivity index (χ0v) is 20.5. The van der Waals surface area contributed by atoms with Crippen LogP contribution in [0.15, 0.2) is 4.99 Å². The Labute approximate surface area is 196 Å². The number of halogens is 1. The van der Waals surface area contributed by atoms with Crippen LogP contribution in [0.2, 0.25) is 0 Å². The number of aliphatic imine (C=N–C) groups is 1. The first-order chi connectivity index (χ1) is 14.2. The van der Waals surface area contributed by atoms with Gasteiger partial charge in [0.05, 0.1) is 12.6 Å². The number of nitrogens with one attached hydrogen (secondary N) is 1. The molecule has 1 unspecified atom stereocenters. The Morgan fingerprint density at radius 1 is 1.00 bits per heavy atom. The first-order valence-electron chi connectivity index (χ1n) is 11.1. The zero-order chi connectivity index (χ0) is 20.2. The van der Waals surface area contributed by atoms with Crippen LogP contribution in [0, 0.1) is 0 Å². The predicted octanol–water partition coefficient (Wildman–Crippen LogP) is 0.936. The Kier molecular flexibility index (Phi) is 8.32. The van der Waals surface area contributed by atoms with E-state index in [2.05, 4.69) is 41.8 Å². The van der Waals surface area contributed by atoms with Crippen LogP contribution in [0.25, 0.3) is 0 Å². The molecular formula is C20H35IN8O. The molecule has 0 saturated carbocycles. The number of hydrogen-bond donors (Lipinski definition) is 1. The molecule has 9 nitrogen and oxygen atoms in total. The molecule has 3 aliphatic heterocycles. The van der Waals surface area contributed by atoms with Gasteiger partial charge >= 0.3 is 0 Å². The normalized spacial score (nSPS) is 21.2. The topological polar surface area (TPSA) is 81.9 Å². The number of hydrogen-bond acceptors (Lipinski definition) is 5. The molecule has 0 spiro atoms. The Bertz CT molecular complexity index is 737. The molecule has 1 atom stereocenters. The van der Waals surface area contributed by atoms with Gasteiger partial charge in [0.1, 0.15) is 5.82 Å². The lowest BCUT2D eigenvalue weighted by Gasteiger charge is -2.39. The minimum Gasteiger partial charge on any atom is -0.349 e. The van der Waals surface area contributed by atoms with Crippen LogP contribution >= 0.6 is 24.0 Å². The number of aryl methyl sites for hydroxylation is 1. The third kappa shape index (κ3) is 5.06. The van der Waals surface area contributed by atoms with E-state index in [0.29, 0.717) is 6.54 Å². The molecule has 2 saturated heterocycles. The van der Waals surface area contributed by atoms with Crippen molar-refractivity contribution in [3.05, 3.63) is 11.6 Å². The van der Waals surface area contributed by atoms with Crippen molar-refractivity contribution in [2.24, 2.45) is 4.99 Å². The lowest BCUT2D eigenvalue weighted by molar-refractivity contribution is -0.135. The van der Waals surface area contributed by atoms with Crippen LogP contribution in [0.5, 0.6) is 0 Å². The van der Waals surface area contributed by atoms with Gasteiger partial charge in [0, 0.05) is 59.3 Å². The van der Waals surface area contributed by atoms with Crippen molar-refractivity contribution >= 4 is 35.8 Å². The molecule has 10 heteroatoms. The molecule has 0 aromatic carbocycles. The number of aromatic nitrogens is 3. The van der Waals surface area contributed by atoms with E-state index in [1.54, 1.807) is 0 Å². The van der Waals surface area contributed by atoms with E-state index >= 15 is 0 Å². The highest BCUT2D eigenvalue weighted by Crippen LogP contribution is 2.15. The summed E-state index contributed by atoms with van der Waals surface area (Å²) in [4.78, 5) is 23.8. The highest BCUT2D eigenvalue weighted by Gasteiger charge is 2.30. The molecule has 1 N–H and O–H groups in total. The molecule has 4 rings (SSSR count). The molecule has 0 aliphatic carbocycles. The second-order valence-electron chi connectivity index (χ2n) is 8.27. The van der Waals surface area contributed by atoms with Crippen molar-refractivity contribution in [2.45, 2.75) is 58.2 Å². The quantitative estimate of drug-likeness (QED) is 0.355. The van der Waals surface area contributed by atoms with Gasteiger partial charge in [-0.25, -0.2) is 0 Å². The van der Waals surface area contributed by atoms with E-state index in [0.717, 1.165) is 82.7 Å². The van der Waals surface area contributed by atoms with E-state index in [-0.39, 0.29) is 35.9 Å². The van der Waals surface area contributed by atoms with E-state index in [1.165, 1.54) is 12.8 Å². The molecule has 4 heterocycles. The fourth-order valence-electron chi connectivity index (χ4n) is 4.67. The van der Waals surface area contributed by atoms with E-state index in [1.807, 2.05) is 11.9 Å². The van der Waals surface area contributed by atoms with Gasteiger partial charge < -0.3 is 19.7 Å². The third-order valence-electron chi connectivity index (χ3n) is 6.49. The molecule has 30 heavy (non-hydrogen) atoms. The number of nitrogens with zero attached hydrogens (tertiary/aromatic N) is 7. The summed E-state index contributed by atoms with van der Waals surface area (Å²) in [6.07, 6.45) is 5.71. The minimum absolute atomic E-state index is 0. The van der Waals surface area contributed by atoms with Gasteiger partial charge in [-0.15, -0.1) is 34.2 Å². The maximum absolute atomic E-state index is 12.7. The fraction of sp³-hybridized carbons (Fsp3) is 0.800. The van der Waals surface area contributed by atoms with Crippen molar-refractivity contribution in [2.75, 3.05) is 46.3 Å². The Hall–Kier alpha value is -1.43. The van der Waals surface area contributed by atoms with Crippen LogP contribution in [-0.4, -0.2) is 93.7 Å². The highest BCUT2D eigenvalue weighted by molar-refractivity contribution is 14.0. The smallest absolute Gasteiger partial charge is 0.239 e. The van der Waals surface area contributed by atoms with E-state index in [9.17, 15) is 4.79 Å². The summed E-state index contributed by atoms with van der Waals surface area (Å²) in [6.45, 7) is 9.05. The van der Waals surface area contributed by atoms with Crippen LogP contribution in [0.1, 0.15) is 44.3 Å². The number of likely N-dealkylation sites (tertiary alicyclic amines) is 1. The lowest BCUT2D eigenvalue weighted by atomic mass is 10.2. The van der Waals surface area contributed by atoms with Gasteiger partial charge in [0.15, 0.2) is 11.8 Å². The molecule has 1 aromatic rings. The van der Waals surface area contributed by atoms with Crippen LogP contribution in [0.3, 0.4) is 0 Å². The lowest BCUT2D eigenvalue weighted by Crippen LogP contribution is -2.57. The standard InChI is InChI=1S/C20H34N8O.HI/c1-16(19(29)26-8-5-6-9-26)25-11-13-27(14-12-25)20(21-2)22-15-18-24-23-17-7-3-4-10-28(17)18;/h16H,3-15H2,1-2H3,(H,21,22);1H. The summed E-state index contributed by atoms with van der Waals surface area (Å²) in [5, 5.41) is 12.2. The number of carbonyl (C=O) groups excluding carboxylic acids is 1. The summed E-state index contributed by atoms with van der Waals surface area (Å²) < 4.78 is 2.24. The summed E-state index contributed by atoms with van der Waals surface area (Å²) in [6, 6.07) is -0.0345. The zero-order valence-electron chi connectivity index (χ0n) is 18.2. The summed E-state index contributed by atoms with van der Waals surface area (Å²) in [5.41, 5.74) is 0. The minimum atomic E-state index is -0.0345. The van der Waals surface area contributed by atoms with Gasteiger partial charge in [-0.1, -0.05) is 0 Å². The van der Waals surface area contributed by atoms with Crippen LogP contribution < -0.4 is 5.32 Å². The molecule has 168 valence electrons. The second-order valence-corrected chi connectivity index (χ2v) is 8.27. The van der Waals surface area contributed by atoms with Gasteiger partial charge in [-0.3, -0.25) is 14.7 Å². The first kappa shape index (κ1) is 23.2. The molecule has 2 fully saturated rings. The Morgan fingerprint density at radius 3 is 2.40 bits per heavy atom. The van der Waals surface area contributed by atoms with Gasteiger partial charge in [0.2, 0.25) is 5.91 Å². The van der Waals surface area contributed by atoms with E-state index < -0.39 is 0 Å². The molecule has 3 aliphatic rings. The Balaban J connectivity index is 0.00000256. The van der Waals surface area contributed by atoms with Gasteiger partial charge in [-0.2, -0.15) is 0 Å². The first-order valence-corrected chi connectivity index (χ1v) is 11.1. The summed E-state index contributed by atoms with van der Waals surface area (Å²) >= 11 is 0. The van der Waals surface area contributed by atoms with Gasteiger partial charge in [0.25, 0.3) is 0 Å². The van der Waals surface area contributed by atoms with Crippen molar-refractivity contribution in [1.29, 1.82) is 0 Å². The third-order valence-corrected chi connectivity index (χ3v) is 6.49. The number of carbonyl (C=O) groups is 1. The van der Waals surface area contributed by atoms with Gasteiger partial charge in [-0.05, 0) is 32.6 Å². The summed E-state index contributed by atoms with van der Waals surface area (Å²) in [5.74, 6) is 3.28. The number of amides is 1. The average molecular weight is 530 g/mol. The predicted molar refractivity (Wildman–Crippen MR) is 127 cm³/mol. The highest BCUT2D eigenvalue weighted by atomic mass is 127. The molecule has 0 radical (unpaired) electrons. The summed E-state index contributed by atoms with van der Waals surface area (Å²) in [7, 11) is 1.83. The molecule has 1 amide bonds. The largest absolute Gasteiger partial charge is 0.349 e. The van der Waals surface area contributed by atoms with Crippen LogP contribution in [0.4, 0.5) is 0 Å². The maximum Gasteiger partial charge on any atom is 0.239 e. The monoisotopic (exact) mass is 530 g/mol. The molecule has 1 aromatic heterocycles. The number of rotatable bonds is 4.